The van der Waals surface area contributed by atoms with Gasteiger partial charge in [0.05, 0.1) is 12.2 Å². The SMILES string of the molecule is CC(C)(C)c1cc(C2=N[C@@H](CO)C(C)(C)O2)c(O)c(C(C)(C)C)c1. The van der Waals surface area contributed by atoms with E-state index in [2.05, 4.69) is 52.6 Å². The molecule has 0 aromatic heterocycles. The number of benzene rings is 1. The largest absolute Gasteiger partial charge is 0.507 e. The van der Waals surface area contributed by atoms with Gasteiger partial charge in [-0.05, 0) is 36.3 Å². The highest BCUT2D eigenvalue weighted by atomic mass is 16.5. The molecule has 0 radical (unpaired) electrons. The molecule has 134 valence electrons. The van der Waals surface area contributed by atoms with Gasteiger partial charge >= 0.3 is 0 Å². The Hall–Kier alpha value is -1.55. The fraction of sp³-hybridized carbons (Fsp3) is 0.650. The van der Waals surface area contributed by atoms with Crippen molar-refractivity contribution in [2.75, 3.05) is 6.61 Å². The first kappa shape index (κ1) is 18.8. The maximum Gasteiger partial charge on any atom is 0.221 e. The summed E-state index contributed by atoms with van der Waals surface area (Å²) in [5.41, 5.74) is 1.75. The molecule has 0 unspecified atom stereocenters. The number of aliphatic imine (C=N–C) groups is 1. The Morgan fingerprint density at radius 1 is 1.08 bits per heavy atom. The van der Waals surface area contributed by atoms with Gasteiger partial charge in [0.15, 0.2) is 0 Å². The standard InChI is InChI=1S/C20H31NO3/c1-18(2,3)12-9-13(16(23)14(10-12)19(4,5)6)17-21-15(11-22)20(7,8)24-17/h9-10,15,22-23H,11H2,1-8H3/t15-/m0/s1. The average molecular weight is 333 g/mol. The molecule has 0 spiro atoms. The maximum absolute atomic E-state index is 10.9. The van der Waals surface area contributed by atoms with E-state index in [0.29, 0.717) is 11.5 Å². The topological polar surface area (TPSA) is 62.1 Å². The van der Waals surface area contributed by atoms with Crippen LogP contribution in [-0.2, 0) is 15.6 Å². The van der Waals surface area contributed by atoms with Gasteiger partial charge < -0.3 is 14.9 Å². The molecule has 1 heterocycles. The van der Waals surface area contributed by atoms with E-state index in [1.165, 1.54) is 0 Å². The zero-order chi connectivity index (χ0) is 18.5. The summed E-state index contributed by atoms with van der Waals surface area (Å²) >= 11 is 0. The van der Waals surface area contributed by atoms with Crippen molar-refractivity contribution in [1.82, 2.24) is 0 Å². The van der Waals surface area contributed by atoms with Crippen LogP contribution in [0.5, 0.6) is 5.75 Å². The highest BCUT2D eigenvalue weighted by Crippen LogP contribution is 2.40. The Morgan fingerprint density at radius 3 is 2.08 bits per heavy atom. The summed E-state index contributed by atoms with van der Waals surface area (Å²) in [5.74, 6) is 0.622. The molecule has 2 N–H and O–H groups in total. The first-order valence-electron chi connectivity index (χ1n) is 8.53. The molecule has 1 aromatic carbocycles. The quantitative estimate of drug-likeness (QED) is 0.863. The molecule has 24 heavy (non-hydrogen) atoms. The Labute approximate surface area is 145 Å². The average Bonchev–Trinajstić information content (AvgIpc) is 2.71. The molecule has 0 saturated carbocycles. The van der Waals surface area contributed by atoms with Crippen LogP contribution in [0.25, 0.3) is 0 Å². The minimum atomic E-state index is -0.587. The molecule has 0 bridgehead atoms. The Morgan fingerprint density at radius 2 is 1.67 bits per heavy atom. The van der Waals surface area contributed by atoms with Crippen molar-refractivity contribution in [3.63, 3.8) is 0 Å². The van der Waals surface area contributed by atoms with E-state index in [9.17, 15) is 10.2 Å². The van der Waals surface area contributed by atoms with Gasteiger partial charge in [0.2, 0.25) is 5.90 Å². The fourth-order valence-electron chi connectivity index (χ4n) is 2.83. The minimum Gasteiger partial charge on any atom is -0.507 e. The van der Waals surface area contributed by atoms with E-state index in [1.807, 2.05) is 19.9 Å². The third-order valence-corrected chi connectivity index (χ3v) is 4.62. The van der Waals surface area contributed by atoms with Crippen LogP contribution >= 0.6 is 0 Å². The van der Waals surface area contributed by atoms with Gasteiger partial charge in [-0.3, -0.25) is 0 Å². The normalized spacial score (nSPS) is 20.7. The van der Waals surface area contributed by atoms with Crippen molar-refractivity contribution in [2.45, 2.75) is 77.9 Å². The van der Waals surface area contributed by atoms with Gasteiger partial charge in [-0.2, -0.15) is 0 Å². The van der Waals surface area contributed by atoms with E-state index in [4.69, 9.17) is 4.74 Å². The summed E-state index contributed by atoms with van der Waals surface area (Å²) in [7, 11) is 0. The monoisotopic (exact) mass is 333 g/mol. The lowest BCUT2D eigenvalue weighted by molar-refractivity contribution is 0.0719. The summed E-state index contributed by atoms with van der Waals surface area (Å²) in [5, 5.41) is 20.4. The molecule has 0 amide bonds. The fourth-order valence-corrected chi connectivity index (χ4v) is 2.83. The maximum atomic E-state index is 10.9. The second-order valence-electron chi connectivity index (χ2n) is 9.26. The van der Waals surface area contributed by atoms with Gasteiger partial charge in [0, 0.05) is 5.56 Å². The summed E-state index contributed by atoms with van der Waals surface area (Å²) in [6.07, 6.45) is 0. The Balaban J connectivity index is 2.67. The number of hydrogen-bond donors (Lipinski definition) is 2. The first-order valence-corrected chi connectivity index (χ1v) is 8.53. The van der Waals surface area contributed by atoms with Crippen LogP contribution in [0.2, 0.25) is 0 Å². The molecular formula is C20H31NO3. The second kappa shape index (κ2) is 5.76. The number of phenolic OH excluding ortho intramolecular Hbond substituents is 1. The number of aliphatic hydroxyl groups is 1. The third kappa shape index (κ3) is 3.44. The van der Waals surface area contributed by atoms with Crippen molar-refractivity contribution in [2.24, 2.45) is 4.99 Å². The van der Waals surface area contributed by atoms with Gasteiger partial charge in [-0.1, -0.05) is 47.6 Å². The Kier molecular flexibility index (Phi) is 4.51. The van der Waals surface area contributed by atoms with Gasteiger partial charge in [-0.25, -0.2) is 4.99 Å². The number of hydrogen-bond acceptors (Lipinski definition) is 4. The van der Waals surface area contributed by atoms with Gasteiger partial charge in [0.1, 0.15) is 17.4 Å². The third-order valence-electron chi connectivity index (χ3n) is 4.62. The van der Waals surface area contributed by atoms with Crippen LogP contribution in [0.1, 0.15) is 72.1 Å². The van der Waals surface area contributed by atoms with Crippen LogP contribution in [0.4, 0.5) is 0 Å². The van der Waals surface area contributed by atoms with E-state index in [1.54, 1.807) is 0 Å². The number of rotatable bonds is 2. The van der Waals surface area contributed by atoms with Crippen LogP contribution in [0, 0.1) is 0 Å². The summed E-state index contributed by atoms with van der Waals surface area (Å²) in [6.45, 7) is 16.4. The highest BCUT2D eigenvalue weighted by Gasteiger charge is 2.40. The van der Waals surface area contributed by atoms with Crippen LogP contribution in [-0.4, -0.2) is 34.4 Å². The molecule has 0 aliphatic carbocycles. The molecule has 1 aliphatic heterocycles. The van der Waals surface area contributed by atoms with E-state index >= 15 is 0 Å². The molecule has 0 fully saturated rings. The van der Waals surface area contributed by atoms with Crippen LogP contribution in [0.3, 0.4) is 0 Å². The molecule has 1 aliphatic rings. The van der Waals surface area contributed by atoms with E-state index in [-0.39, 0.29) is 29.2 Å². The molecule has 4 nitrogen and oxygen atoms in total. The molecule has 1 aromatic rings. The molecular weight excluding hydrogens is 302 g/mol. The lowest BCUT2D eigenvalue weighted by atomic mass is 9.79. The molecule has 1 atom stereocenters. The number of aliphatic hydroxyl groups excluding tert-OH is 1. The van der Waals surface area contributed by atoms with Crippen molar-refractivity contribution in [3.8, 4) is 5.75 Å². The van der Waals surface area contributed by atoms with Crippen molar-refractivity contribution >= 4 is 5.90 Å². The smallest absolute Gasteiger partial charge is 0.221 e. The number of phenols is 1. The molecule has 2 rings (SSSR count). The van der Waals surface area contributed by atoms with Gasteiger partial charge in [-0.15, -0.1) is 0 Å². The van der Waals surface area contributed by atoms with Crippen molar-refractivity contribution in [3.05, 3.63) is 28.8 Å². The summed E-state index contributed by atoms with van der Waals surface area (Å²) in [4.78, 5) is 4.52. The van der Waals surface area contributed by atoms with Crippen LogP contribution < -0.4 is 0 Å². The van der Waals surface area contributed by atoms with E-state index < -0.39 is 5.60 Å². The predicted molar refractivity (Wildman–Crippen MR) is 98.1 cm³/mol. The summed E-state index contributed by atoms with van der Waals surface area (Å²) < 4.78 is 5.98. The highest BCUT2D eigenvalue weighted by molar-refractivity contribution is 5.99. The lowest BCUT2D eigenvalue weighted by Crippen LogP contribution is -2.35. The van der Waals surface area contributed by atoms with Crippen LogP contribution in [0.15, 0.2) is 17.1 Å². The first-order chi connectivity index (χ1) is 10.8. The zero-order valence-electron chi connectivity index (χ0n) is 16.2. The zero-order valence-corrected chi connectivity index (χ0v) is 16.2. The van der Waals surface area contributed by atoms with Crippen molar-refractivity contribution in [1.29, 1.82) is 0 Å². The molecule has 0 saturated heterocycles. The number of ether oxygens (including phenoxy) is 1. The number of nitrogens with zero attached hydrogens (tertiary/aromatic N) is 1. The second-order valence-corrected chi connectivity index (χ2v) is 9.26. The van der Waals surface area contributed by atoms with Gasteiger partial charge in [0.25, 0.3) is 0 Å². The lowest BCUT2D eigenvalue weighted by Gasteiger charge is -2.28. The predicted octanol–water partition coefficient (Wildman–Crippen LogP) is 3.90. The minimum absolute atomic E-state index is 0.0620. The van der Waals surface area contributed by atoms with Crippen molar-refractivity contribution < 1.29 is 14.9 Å². The van der Waals surface area contributed by atoms with E-state index in [0.717, 1.165) is 11.1 Å². The number of aromatic hydroxyl groups is 1. The summed E-state index contributed by atoms with van der Waals surface area (Å²) in [6, 6.07) is 3.70. The Bertz CT molecular complexity index is 661. The molecule has 4 heteroatoms.